The summed E-state index contributed by atoms with van der Waals surface area (Å²) in [7, 11) is 0. The molecule has 2 saturated heterocycles. The standard InChI is InChI=1S/C5H11N2O2/c1-3-7(4-2-6-1)8-5-9-7/h6H,1-5H2/q+1. The third-order valence-electron chi connectivity index (χ3n) is 1.83. The van der Waals surface area contributed by atoms with E-state index in [9.17, 15) is 0 Å². The molecular formula is C5H11N2O2+. The van der Waals surface area contributed by atoms with Gasteiger partial charge in [-0.15, -0.1) is 9.68 Å². The van der Waals surface area contributed by atoms with Crippen LogP contribution in [0.3, 0.4) is 0 Å². The van der Waals surface area contributed by atoms with Gasteiger partial charge >= 0.3 is 0 Å². The topological polar surface area (TPSA) is 30.5 Å². The van der Waals surface area contributed by atoms with Crippen molar-refractivity contribution in [2.45, 2.75) is 0 Å². The molecule has 4 heteroatoms. The van der Waals surface area contributed by atoms with Crippen LogP contribution >= 0.6 is 0 Å². The Hall–Kier alpha value is -0.160. The van der Waals surface area contributed by atoms with Crippen LogP contribution in [0, 0.1) is 0 Å². The van der Waals surface area contributed by atoms with Gasteiger partial charge in [0.25, 0.3) is 6.79 Å². The molecule has 0 atom stereocenters. The number of rotatable bonds is 0. The minimum Gasteiger partial charge on any atom is -0.306 e. The van der Waals surface area contributed by atoms with Gasteiger partial charge in [0.1, 0.15) is 0 Å². The fraction of sp³-hybridized carbons (Fsp3) is 1.00. The van der Waals surface area contributed by atoms with Gasteiger partial charge in [-0.05, 0) is 4.81 Å². The van der Waals surface area contributed by atoms with Gasteiger partial charge in [-0.3, -0.25) is 0 Å². The largest absolute Gasteiger partial charge is 0.306 e. The minimum absolute atomic E-state index is 0.438. The zero-order valence-corrected chi connectivity index (χ0v) is 5.30. The van der Waals surface area contributed by atoms with E-state index in [1.54, 1.807) is 0 Å². The van der Waals surface area contributed by atoms with Gasteiger partial charge in [0.2, 0.25) is 0 Å². The Morgan fingerprint density at radius 1 is 1.11 bits per heavy atom. The molecule has 2 fully saturated rings. The molecule has 2 rings (SSSR count). The monoisotopic (exact) mass is 131 g/mol. The SMILES string of the molecule is C1C[N+]2(CCN1)OCO2. The van der Waals surface area contributed by atoms with Crippen molar-refractivity contribution in [1.82, 2.24) is 5.32 Å². The summed E-state index contributed by atoms with van der Waals surface area (Å²) >= 11 is 0. The average Bonchev–Trinajstić information content (AvgIpc) is 1.87. The Morgan fingerprint density at radius 2 is 1.78 bits per heavy atom. The van der Waals surface area contributed by atoms with Crippen LogP contribution in [0.2, 0.25) is 0 Å². The molecular weight excluding hydrogens is 120 g/mol. The van der Waals surface area contributed by atoms with E-state index < -0.39 is 0 Å². The summed E-state index contributed by atoms with van der Waals surface area (Å²) in [6, 6.07) is 0. The van der Waals surface area contributed by atoms with E-state index in [4.69, 9.17) is 9.68 Å². The molecule has 0 aromatic rings. The van der Waals surface area contributed by atoms with Crippen LogP contribution in [0.15, 0.2) is 0 Å². The number of hydroxylamine groups is 4. The molecule has 0 saturated carbocycles. The molecule has 0 amide bonds. The Kier molecular flexibility index (Phi) is 1.19. The Labute approximate surface area is 53.8 Å². The van der Waals surface area contributed by atoms with Gasteiger partial charge in [-0.2, -0.15) is 0 Å². The maximum Gasteiger partial charge on any atom is 0.269 e. The molecule has 4 nitrogen and oxygen atoms in total. The van der Waals surface area contributed by atoms with E-state index in [0.717, 1.165) is 26.2 Å². The summed E-state index contributed by atoms with van der Waals surface area (Å²) in [5.41, 5.74) is 0. The van der Waals surface area contributed by atoms with Crippen molar-refractivity contribution in [3.05, 3.63) is 0 Å². The first-order chi connectivity index (χ1) is 4.41. The van der Waals surface area contributed by atoms with Crippen molar-refractivity contribution in [3.8, 4) is 0 Å². The van der Waals surface area contributed by atoms with Gasteiger partial charge in [0, 0.05) is 0 Å². The van der Waals surface area contributed by atoms with Crippen LogP contribution in [-0.4, -0.2) is 37.8 Å². The quantitative estimate of drug-likeness (QED) is 0.438. The van der Waals surface area contributed by atoms with Crippen LogP contribution < -0.4 is 5.32 Å². The van der Waals surface area contributed by atoms with Crippen molar-refractivity contribution in [3.63, 3.8) is 0 Å². The zero-order chi connectivity index (χ0) is 6.16. The number of hydrogen-bond acceptors (Lipinski definition) is 3. The predicted octanol–water partition coefficient (Wildman–Crippen LogP) is -0.759. The molecule has 0 radical (unpaired) electrons. The summed E-state index contributed by atoms with van der Waals surface area (Å²) in [5.74, 6) is 0. The van der Waals surface area contributed by atoms with E-state index in [-0.39, 0.29) is 0 Å². The summed E-state index contributed by atoms with van der Waals surface area (Å²) in [5, 5.41) is 3.23. The van der Waals surface area contributed by atoms with Crippen molar-refractivity contribution < 1.29 is 14.5 Å². The smallest absolute Gasteiger partial charge is 0.269 e. The lowest BCUT2D eigenvalue weighted by Gasteiger charge is -2.40. The lowest BCUT2D eigenvalue weighted by Crippen LogP contribution is -2.64. The molecule has 2 aliphatic heterocycles. The molecule has 2 heterocycles. The Bertz CT molecular complexity index is 106. The molecule has 0 unspecified atom stereocenters. The van der Waals surface area contributed by atoms with Crippen LogP contribution in [0.25, 0.3) is 0 Å². The van der Waals surface area contributed by atoms with Gasteiger partial charge in [-0.1, -0.05) is 0 Å². The highest BCUT2D eigenvalue weighted by molar-refractivity contribution is 4.50. The number of nitrogens with zero attached hydrogens (tertiary/aromatic N) is 1. The highest BCUT2D eigenvalue weighted by Gasteiger charge is 2.42. The summed E-state index contributed by atoms with van der Waals surface area (Å²) in [6.45, 7) is 4.36. The molecule has 0 aromatic carbocycles. The number of hydrogen-bond donors (Lipinski definition) is 1. The first kappa shape index (κ1) is 5.61. The number of quaternary nitrogens is 1. The molecule has 2 aliphatic rings. The summed E-state index contributed by atoms with van der Waals surface area (Å²) in [4.78, 5) is 10.9. The first-order valence-corrected chi connectivity index (χ1v) is 3.28. The zero-order valence-electron chi connectivity index (χ0n) is 5.30. The molecule has 0 bridgehead atoms. The predicted molar refractivity (Wildman–Crippen MR) is 29.9 cm³/mol. The van der Waals surface area contributed by atoms with Crippen molar-refractivity contribution in [2.75, 3.05) is 33.0 Å². The van der Waals surface area contributed by atoms with Crippen molar-refractivity contribution in [2.24, 2.45) is 0 Å². The van der Waals surface area contributed by atoms with E-state index >= 15 is 0 Å². The molecule has 0 aromatic heterocycles. The van der Waals surface area contributed by atoms with Crippen molar-refractivity contribution >= 4 is 0 Å². The summed E-state index contributed by atoms with van der Waals surface area (Å²) in [6.07, 6.45) is 0. The van der Waals surface area contributed by atoms with Crippen LogP contribution in [0.1, 0.15) is 0 Å². The van der Waals surface area contributed by atoms with Crippen LogP contribution in [0.5, 0.6) is 0 Å². The second-order valence-electron chi connectivity index (χ2n) is 2.39. The molecule has 9 heavy (non-hydrogen) atoms. The lowest BCUT2D eigenvalue weighted by molar-refractivity contribution is -1.31. The second-order valence-corrected chi connectivity index (χ2v) is 2.39. The van der Waals surface area contributed by atoms with E-state index in [1.807, 2.05) is 0 Å². The minimum atomic E-state index is 0.438. The second kappa shape index (κ2) is 1.91. The van der Waals surface area contributed by atoms with Crippen LogP contribution in [-0.2, 0) is 9.68 Å². The maximum atomic E-state index is 5.23. The molecule has 52 valence electrons. The highest BCUT2D eigenvalue weighted by atomic mass is 17.1. The third kappa shape index (κ3) is 0.840. The van der Waals surface area contributed by atoms with Gasteiger partial charge < -0.3 is 5.32 Å². The molecule has 0 aliphatic carbocycles. The lowest BCUT2D eigenvalue weighted by atomic mass is 10.4. The normalized spacial score (nSPS) is 32.0. The maximum absolute atomic E-state index is 5.23. The Morgan fingerprint density at radius 3 is 2.11 bits per heavy atom. The van der Waals surface area contributed by atoms with Gasteiger partial charge in [0.15, 0.2) is 13.1 Å². The molecule has 1 N–H and O–H groups in total. The highest BCUT2D eigenvalue weighted by Crippen LogP contribution is 2.19. The van der Waals surface area contributed by atoms with E-state index in [2.05, 4.69) is 5.32 Å². The van der Waals surface area contributed by atoms with Crippen molar-refractivity contribution in [1.29, 1.82) is 0 Å². The number of nitrogens with one attached hydrogen (secondary N) is 1. The fourth-order valence-corrected chi connectivity index (χ4v) is 1.20. The van der Waals surface area contributed by atoms with Gasteiger partial charge in [-0.25, -0.2) is 0 Å². The van der Waals surface area contributed by atoms with Crippen LogP contribution in [0.4, 0.5) is 0 Å². The first-order valence-electron chi connectivity index (χ1n) is 3.28. The Balaban J connectivity index is 1.93. The number of piperazine rings is 1. The summed E-state index contributed by atoms with van der Waals surface area (Å²) < 4.78 is 0. The fourth-order valence-electron chi connectivity index (χ4n) is 1.20. The van der Waals surface area contributed by atoms with Gasteiger partial charge in [0.05, 0.1) is 13.1 Å². The van der Waals surface area contributed by atoms with E-state index in [1.165, 1.54) is 0 Å². The van der Waals surface area contributed by atoms with E-state index in [0.29, 0.717) is 11.6 Å². The molecule has 1 spiro atoms. The third-order valence-corrected chi connectivity index (χ3v) is 1.83. The average molecular weight is 131 g/mol.